The molecule has 1 heterocycles. The zero-order chi connectivity index (χ0) is 12.2. The molecule has 0 aromatic heterocycles. The predicted molar refractivity (Wildman–Crippen MR) is 70.9 cm³/mol. The number of hydrogen-bond acceptors (Lipinski definition) is 3. The minimum atomic E-state index is 0.391. The van der Waals surface area contributed by atoms with Gasteiger partial charge in [-0.15, -0.1) is 0 Å². The summed E-state index contributed by atoms with van der Waals surface area (Å²) in [5.74, 6) is 0. The Morgan fingerprint density at radius 1 is 1.12 bits per heavy atom. The fourth-order valence-electron chi connectivity index (χ4n) is 2.05. The van der Waals surface area contributed by atoms with Crippen LogP contribution in [0.5, 0.6) is 0 Å². The summed E-state index contributed by atoms with van der Waals surface area (Å²) in [5.41, 5.74) is 0.391. The number of hydrogen-bond donors (Lipinski definition) is 1. The molecule has 0 aromatic carbocycles. The second kappa shape index (κ2) is 5.99. The molecule has 0 amide bonds. The second-order valence-electron chi connectivity index (χ2n) is 6.38. The van der Waals surface area contributed by atoms with Crippen molar-refractivity contribution in [1.82, 2.24) is 15.1 Å². The number of rotatable bonds is 4. The lowest BCUT2D eigenvalue weighted by atomic mass is 9.97. The number of nitrogens with one attached hydrogen (secondary N) is 1. The zero-order valence-electron chi connectivity index (χ0n) is 11.7. The van der Waals surface area contributed by atoms with E-state index in [1.807, 2.05) is 0 Å². The van der Waals surface area contributed by atoms with E-state index in [0.717, 1.165) is 13.1 Å². The van der Waals surface area contributed by atoms with Crippen molar-refractivity contribution in [3.8, 4) is 0 Å². The Bertz CT molecular complexity index is 190. The van der Waals surface area contributed by atoms with Gasteiger partial charge in [0.2, 0.25) is 0 Å². The molecule has 1 aliphatic rings. The van der Waals surface area contributed by atoms with Gasteiger partial charge in [0.25, 0.3) is 0 Å². The molecule has 1 aliphatic heterocycles. The van der Waals surface area contributed by atoms with Gasteiger partial charge in [-0.25, -0.2) is 0 Å². The molecule has 1 fully saturated rings. The third kappa shape index (κ3) is 5.28. The Morgan fingerprint density at radius 2 is 1.69 bits per heavy atom. The molecular weight excluding hydrogens is 198 g/mol. The van der Waals surface area contributed by atoms with E-state index in [1.165, 1.54) is 26.2 Å². The summed E-state index contributed by atoms with van der Waals surface area (Å²) in [7, 11) is 2.21. The van der Waals surface area contributed by atoms with Crippen LogP contribution in [0.1, 0.15) is 27.7 Å². The molecule has 3 heteroatoms. The van der Waals surface area contributed by atoms with Crippen LogP contribution in [0, 0.1) is 5.41 Å². The first-order valence-corrected chi connectivity index (χ1v) is 6.52. The lowest BCUT2D eigenvalue weighted by Gasteiger charge is -2.36. The van der Waals surface area contributed by atoms with Crippen LogP contribution in [0.4, 0.5) is 0 Å². The number of piperazine rings is 1. The summed E-state index contributed by atoms with van der Waals surface area (Å²) in [5, 5.41) is 3.58. The van der Waals surface area contributed by atoms with Gasteiger partial charge in [-0.05, 0) is 19.4 Å². The molecule has 1 unspecified atom stereocenters. The van der Waals surface area contributed by atoms with E-state index >= 15 is 0 Å². The largest absolute Gasteiger partial charge is 0.315 e. The van der Waals surface area contributed by atoms with Crippen molar-refractivity contribution >= 4 is 0 Å². The molecule has 0 saturated carbocycles. The molecular formula is C13H29N3. The average Bonchev–Trinajstić information content (AvgIpc) is 2.16. The SMILES string of the molecule is CC(CNCC(C)(C)C)N1CCN(C)CC1. The fourth-order valence-corrected chi connectivity index (χ4v) is 2.05. The maximum atomic E-state index is 3.58. The standard InChI is InChI=1S/C13H29N3/c1-12(10-14-11-13(2,3)4)16-8-6-15(5)7-9-16/h12,14H,6-11H2,1-5H3. The summed E-state index contributed by atoms with van der Waals surface area (Å²) in [6, 6.07) is 0.663. The Labute approximate surface area is 101 Å². The molecule has 96 valence electrons. The molecule has 0 spiro atoms. The maximum Gasteiger partial charge on any atom is 0.0193 e. The lowest BCUT2D eigenvalue weighted by Crippen LogP contribution is -2.51. The Balaban J connectivity index is 2.17. The van der Waals surface area contributed by atoms with Crippen molar-refractivity contribution in [1.29, 1.82) is 0 Å². The fraction of sp³-hybridized carbons (Fsp3) is 1.00. The second-order valence-corrected chi connectivity index (χ2v) is 6.38. The van der Waals surface area contributed by atoms with Gasteiger partial charge in [0, 0.05) is 45.3 Å². The maximum absolute atomic E-state index is 3.58. The van der Waals surface area contributed by atoms with Gasteiger partial charge >= 0.3 is 0 Å². The summed E-state index contributed by atoms with van der Waals surface area (Å²) in [4.78, 5) is 5.00. The van der Waals surface area contributed by atoms with Gasteiger partial charge in [0.1, 0.15) is 0 Å². The van der Waals surface area contributed by atoms with Gasteiger partial charge in [-0.2, -0.15) is 0 Å². The monoisotopic (exact) mass is 227 g/mol. The normalized spacial score (nSPS) is 22.3. The van der Waals surface area contributed by atoms with Crippen molar-refractivity contribution in [2.75, 3.05) is 46.3 Å². The quantitative estimate of drug-likeness (QED) is 0.780. The molecule has 1 rings (SSSR count). The molecule has 1 saturated heterocycles. The molecule has 16 heavy (non-hydrogen) atoms. The van der Waals surface area contributed by atoms with Gasteiger partial charge in [0.15, 0.2) is 0 Å². The van der Waals surface area contributed by atoms with Gasteiger partial charge < -0.3 is 10.2 Å². The van der Waals surface area contributed by atoms with E-state index in [4.69, 9.17) is 0 Å². The molecule has 1 N–H and O–H groups in total. The highest BCUT2D eigenvalue weighted by atomic mass is 15.3. The van der Waals surface area contributed by atoms with Gasteiger partial charge in [-0.3, -0.25) is 4.90 Å². The Morgan fingerprint density at radius 3 is 2.19 bits per heavy atom. The van der Waals surface area contributed by atoms with Crippen LogP contribution < -0.4 is 5.32 Å². The summed E-state index contributed by atoms with van der Waals surface area (Å²) >= 11 is 0. The minimum Gasteiger partial charge on any atom is -0.315 e. The molecule has 0 bridgehead atoms. The lowest BCUT2D eigenvalue weighted by molar-refractivity contribution is 0.116. The van der Waals surface area contributed by atoms with E-state index in [9.17, 15) is 0 Å². The highest BCUT2D eigenvalue weighted by Crippen LogP contribution is 2.10. The van der Waals surface area contributed by atoms with E-state index in [2.05, 4.69) is 49.9 Å². The summed E-state index contributed by atoms with van der Waals surface area (Å²) < 4.78 is 0. The van der Waals surface area contributed by atoms with Crippen LogP contribution in [-0.2, 0) is 0 Å². The first-order valence-electron chi connectivity index (χ1n) is 6.52. The van der Waals surface area contributed by atoms with Crippen LogP contribution in [0.15, 0.2) is 0 Å². The third-order valence-corrected chi connectivity index (χ3v) is 3.26. The molecule has 0 aromatic rings. The third-order valence-electron chi connectivity index (χ3n) is 3.26. The van der Waals surface area contributed by atoms with Crippen LogP contribution in [-0.4, -0.2) is 62.2 Å². The van der Waals surface area contributed by atoms with Crippen LogP contribution >= 0.6 is 0 Å². The highest BCUT2D eigenvalue weighted by molar-refractivity contribution is 4.77. The highest BCUT2D eigenvalue weighted by Gasteiger charge is 2.19. The molecule has 1 atom stereocenters. The van der Waals surface area contributed by atoms with Crippen molar-refractivity contribution in [2.24, 2.45) is 5.41 Å². The van der Waals surface area contributed by atoms with Crippen molar-refractivity contribution < 1.29 is 0 Å². The van der Waals surface area contributed by atoms with Gasteiger partial charge in [0.05, 0.1) is 0 Å². The topological polar surface area (TPSA) is 18.5 Å². The van der Waals surface area contributed by atoms with E-state index in [-0.39, 0.29) is 0 Å². The zero-order valence-corrected chi connectivity index (χ0v) is 11.7. The van der Waals surface area contributed by atoms with E-state index in [0.29, 0.717) is 11.5 Å². The van der Waals surface area contributed by atoms with Crippen LogP contribution in [0.2, 0.25) is 0 Å². The smallest absolute Gasteiger partial charge is 0.0193 e. The van der Waals surface area contributed by atoms with Gasteiger partial charge in [-0.1, -0.05) is 20.8 Å². The van der Waals surface area contributed by atoms with E-state index < -0.39 is 0 Å². The number of nitrogens with zero attached hydrogens (tertiary/aromatic N) is 2. The average molecular weight is 227 g/mol. The Hall–Kier alpha value is -0.120. The molecule has 0 aliphatic carbocycles. The predicted octanol–water partition coefficient (Wildman–Crippen LogP) is 1.26. The van der Waals surface area contributed by atoms with Crippen molar-refractivity contribution in [3.63, 3.8) is 0 Å². The first-order chi connectivity index (χ1) is 7.38. The summed E-state index contributed by atoms with van der Waals surface area (Å²) in [6.45, 7) is 16.2. The minimum absolute atomic E-state index is 0.391. The Kier molecular flexibility index (Phi) is 5.22. The molecule has 3 nitrogen and oxygen atoms in total. The summed E-state index contributed by atoms with van der Waals surface area (Å²) in [6.07, 6.45) is 0. The van der Waals surface area contributed by atoms with Crippen LogP contribution in [0.25, 0.3) is 0 Å². The van der Waals surface area contributed by atoms with E-state index in [1.54, 1.807) is 0 Å². The van der Waals surface area contributed by atoms with Crippen LogP contribution in [0.3, 0.4) is 0 Å². The first kappa shape index (κ1) is 13.9. The number of likely N-dealkylation sites (N-methyl/N-ethyl adjacent to an activating group) is 1. The van der Waals surface area contributed by atoms with Crippen molar-refractivity contribution in [2.45, 2.75) is 33.7 Å². The van der Waals surface area contributed by atoms with Crippen molar-refractivity contribution in [3.05, 3.63) is 0 Å². The molecule has 0 radical (unpaired) electrons.